The van der Waals surface area contributed by atoms with E-state index in [1.807, 2.05) is 61.2 Å². The van der Waals surface area contributed by atoms with E-state index < -0.39 is 0 Å². The van der Waals surface area contributed by atoms with Gasteiger partial charge < -0.3 is 40.1 Å². The molecule has 0 aliphatic carbocycles. The third-order valence-corrected chi connectivity index (χ3v) is 14.9. The van der Waals surface area contributed by atoms with Gasteiger partial charge >= 0.3 is 5.97 Å². The quantitative estimate of drug-likeness (QED) is 0.0187. The van der Waals surface area contributed by atoms with Gasteiger partial charge in [0.2, 0.25) is 12.8 Å². The van der Waals surface area contributed by atoms with Crippen LogP contribution in [0.15, 0.2) is 52.4 Å². The normalized spacial score (nSPS) is 16.3. The Morgan fingerprint density at radius 2 is 1.36 bits per heavy atom. The molecule has 75 heavy (non-hydrogen) atoms. The summed E-state index contributed by atoms with van der Waals surface area (Å²) in [7, 11) is 4.32. The molecule has 6 rings (SSSR count). The van der Waals surface area contributed by atoms with Crippen LogP contribution in [0.2, 0.25) is 0 Å². The van der Waals surface area contributed by atoms with E-state index in [1.165, 1.54) is 89.9 Å². The number of carbonyl (C=O) groups is 4. The molecule has 3 aliphatic rings. The van der Waals surface area contributed by atoms with Crippen LogP contribution in [0.1, 0.15) is 177 Å². The average molecular weight is 1260 g/mol. The summed E-state index contributed by atoms with van der Waals surface area (Å²) in [4.78, 5) is 68.2. The van der Waals surface area contributed by atoms with Gasteiger partial charge in [0, 0.05) is 81.4 Å². The van der Waals surface area contributed by atoms with Gasteiger partial charge in [-0.25, -0.2) is 0 Å². The van der Waals surface area contributed by atoms with Crippen molar-refractivity contribution in [3.8, 4) is 0 Å². The molecule has 0 saturated carbocycles. The number of aryl methyl sites for hydroxylation is 1. The monoisotopic (exact) mass is 1260 g/mol. The zero-order chi connectivity index (χ0) is 53.5. The van der Waals surface area contributed by atoms with E-state index in [9.17, 15) is 24.0 Å². The molecular formula is C59H93N8O7U-. The van der Waals surface area contributed by atoms with Crippen molar-refractivity contribution in [3.63, 3.8) is 0 Å². The first-order chi connectivity index (χ1) is 35.9. The van der Waals surface area contributed by atoms with E-state index in [1.54, 1.807) is 4.57 Å². The second-order valence-electron chi connectivity index (χ2n) is 21.1. The Bertz CT molecular complexity index is 2200. The number of carbonyl (C=O) groups excluding carboxylic acids is 4. The van der Waals surface area contributed by atoms with Crippen molar-refractivity contribution in [1.29, 1.82) is 0 Å². The molecule has 3 aromatic rings. The third-order valence-electron chi connectivity index (χ3n) is 14.9. The fourth-order valence-electron chi connectivity index (χ4n) is 10.4. The Balaban J connectivity index is 0.000000310. The molecule has 1 unspecified atom stereocenters. The second kappa shape index (κ2) is 37.7. The van der Waals surface area contributed by atoms with Gasteiger partial charge in [-0.05, 0) is 140 Å². The average Bonchev–Trinajstić information content (AvgIpc) is 3.40. The SMILES string of the molecule is CCCCCCCCCC(=O)OCn1c(=O)c(C2CCN(C)CC2)cc2ccccc21.CCCCCCCCCC(=O)[N-]c1c(C)cc(CC(C)NC=O)cc1/C=N/O.CN1CCC(N2CCN(C=O)CC2)CC1.[U]. The standard InChI is InChI=1S/C26H38N2O3.C22H35N3O3.C11H21N3O.U/c1-3-4-5-6-7-8-9-14-25(29)31-20-28-24-13-11-10-12-22(24)19-23(26(28)30)21-15-17-27(2)18-16-21;1-4-5-6-7-8-9-10-11-21(27)25-22-17(2)12-19(13-18(3)23-16-26)14-20(22)15-24-28;1-12-4-2-11(3-5-12)14-8-6-13(10-15)7-9-14;/h10-13,19,21H,3-9,14-18,20H2,1-2H3;12,14-16,18H,4-11,13H2,1-3H3,(H3,23,24,25,26,27,28);10-11H,2-9H2,1H3;/p-1. The van der Waals surface area contributed by atoms with Crippen LogP contribution in [-0.2, 0) is 37.1 Å². The van der Waals surface area contributed by atoms with Crippen LogP contribution in [0.5, 0.6) is 0 Å². The number of ether oxygens (including phenoxy) is 1. The largest absolute Gasteiger partial charge is 0.626 e. The van der Waals surface area contributed by atoms with Crippen LogP contribution in [-0.4, -0.2) is 139 Å². The number of rotatable bonds is 27. The van der Waals surface area contributed by atoms with Crippen molar-refractivity contribution in [2.75, 3.05) is 66.5 Å². The first-order valence-electron chi connectivity index (χ1n) is 28.2. The fourth-order valence-corrected chi connectivity index (χ4v) is 10.4. The Labute approximate surface area is 473 Å². The number of para-hydroxylation sites is 1. The molecule has 16 heteroatoms. The van der Waals surface area contributed by atoms with Crippen LogP contribution >= 0.6 is 0 Å². The second-order valence-corrected chi connectivity index (χ2v) is 21.1. The summed E-state index contributed by atoms with van der Waals surface area (Å²) in [5.41, 5.74) is 4.64. The van der Waals surface area contributed by atoms with Gasteiger partial charge in [-0.15, -0.1) is 5.69 Å². The number of piperidine rings is 2. The maximum absolute atomic E-state index is 13.3. The van der Waals surface area contributed by atoms with Crippen molar-refractivity contribution in [3.05, 3.63) is 80.4 Å². The summed E-state index contributed by atoms with van der Waals surface area (Å²) in [6.07, 6.45) is 25.3. The molecule has 15 nitrogen and oxygen atoms in total. The number of nitrogens with one attached hydrogen (secondary N) is 1. The molecule has 3 amide bonds. The topological polar surface area (TPSA) is 171 Å². The molecule has 3 saturated heterocycles. The molecule has 1 aromatic heterocycles. The molecule has 416 valence electrons. The fraction of sp³-hybridized carbons (Fsp3) is 0.661. The summed E-state index contributed by atoms with van der Waals surface area (Å²) in [6.45, 7) is 16.6. The van der Waals surface area contributed by atoms with E-state index in [-0.39, 0.29) is 67.2 Å². The zero-order valence-corrected chi connectivity index (χ0v) is 50.9. The number of pyridine rings is 1. The van der Waals surface area contributed by atoms with E-state index in [0.29, 0.717) is 36.9 Å². The minimum atomic E-state index is -0.214. The van der Waals surface area contributed by atoms with Crippen molar-refractivity contribution in [2.24, 2.45) is 5.16 Å². The first kappa shape index (κ1) is 65.2. The molecule has 0 radical (unpaired) electrons. The number of likely N-dealkylation sites (tertiary alicyclic amines) is 2. The molecule has 2 aromatic carbocycles. The van der Waals surface area contributed by atoms with Crippen LogP contribution in [0.25, 0.3) is 16.2 Å². The van der Waals surface area contributed by atoms with Crippen LogP contribution in [0.4, 0.5) is 5.69 Å². The minimum Gasteiger partial charge on any atom is -0.626 e. The van der Waals surface area contributed by atoms with E-state index in [0.717, 1.165) is 124 Å². The number of unbranched alkanes of at least 4 members (excludes halogenated alkanes) is 12. The van der Waals surface area contributed by atoms with Crippen LogP contribution in [0, 0.1) is 38.0 Å². The van der Waals surface area contributed by atoms with Gasteiger partial charge in [0.1, 0.15) is 0 Å². The first-order valence-corrected chi connectivity index (χ1v) is 28.2. The summed E-state index contributed by atoms with van der Waals surface area (Å²) in [6, 6.07) is 14.5. The Morgan fingerprint density at radius 1 is 0.787 bits per heavy atom. The number of piperazine rings is 1. The van der Waals surface area contributed by atoms with Gasteiger partial charge in [-0.1, -0.05) is 132 Å². The predicted octanol–water partition coefficient (Wildman–Crippen LogP) is 10.5. The minimum absolute atomic E-state index is 0. The number of oxime groups is 1. The number of benzene rings is 2. The van der Waals surface area contributed by atoms with Crippen LogP contribution in [0.3, 0.4) is 0 Å². The number of nitrogens with zero attached hydrogens (tertiary/aromatic N) is 7. The number of hydrogen-bond donors (Lipinski definition) is 2. The molecule has 0 bridgehead atoms. The van der Waals surface area contributed by atoms with Gasteiger partial charge in [-0.2, -0.15) is 0 Å². The molecular weight excluding hydrogens is 1170 g/mol. The number of esters is 1. The number of hydrogen-bond acceptors (Lipinski definition) is 11. The van der Waals surface area contributed by atoms with E-state index in [4.69, 9.17) is 9.94 Å². The van der Waals surface area contributed by atoms with Crippen molar-refractivity contribution < 1.29 is 60.2 Å². The van der Waals surface area contributed by atoms with Gasteiger partial charge in [0.05, 0.1) is 17.6 Å². The van der Waals surface area contributed by atoms with E-state index >= 15 is 0 Å². The summed E-state index contributed by atoms with van der Waals surface area (Å²) in [5, 5.41) is 20.1. The van der Waals surface area contributed by atoms with Crippen LogP contribution < -0.4 is 10.9 Å². The van der Waals surface area contributed by atoms with Gasteiger partial charge in [-0.3, -0.25) is 28.6 Å². The molecule has 3 aliphatic heterocycles. The number of aromatic nitrogens is 1. The van der Waals surface area contributed by atoms with Crippen molar-refractivity contribution >= 4 is 47.5 Å². The molecule has 4 heterocycles. The third kappa shape index (κ3) is 24.0. The Morgan fingerprint density at radius 3 is 1.95 bits per heavy atom. The molecule has 0 spiro atoms. The molecule has 2 N–H and O–H groups in total. The predicted molar refractivity (Wildman–Crippen MR) is 300 cm³/mol. The van der Waals surface area contributed by atoms with Crippen molar-refractivity contribution in [2.45, 2.75) is 187 Å². The summed E-state index contributed by atoms with van der Waals surface area (Å²) < 4.78 is 7.18. The maximum Gasteiger partial charge on any atom is 0.307 e. The summed E-state index contributed by atoms with van der Waals surface area (Å²) >= 11 is 0. The van der Waals surface area contributed by atoms with Gasteiger partial charge in [0.15, 0.2) is 6.73 Å². The molecule has 3 fully saturated rings. The van der Waals surface area contributed by atoms with Gasteiger partial charge in [0.25, 0.3) is 5.56 Å². The summed E-state index contributed by atoms with van der Waals surface area (Å²) in [5.74, 6) is -0.0924. The van der Waals surface area contributed by atoms with Crippen molar-refractivity contribution in [1.82, 2.24) is 29.5 Å². The maximum atomic E-state index is 13.3. The zero-order valence-electron chi connectivity index (χ0n) is 46.7. The molecule has 1 atom stereocenters. The smallest absolute Gasteiger partial charge is 0.307 e. The number of amides is 3. The van der Waals surface area contributed by atoms with E-state index in [2.05, 4.69) is 58.4 Å². The number of fused-ring (bicyclic) bond motifs is 1. The Kier molecular flexibility index (Phi) is 32.7. The Hall–Kier alpha value is -4.07.